The second kappa shape index (κ2) is 5.61. The molecule has 1 aliphatic heterocycles. The molecule has 1 saturated heterocycles. The van der Waals surface area contributed by atoms with E-state index in [0.717, 1.165) is 39.1 Å². The van der Waals surface area contributed by atoms with E-state index in [9.17, 15) is 4.79 Å². The van der Waals surface area contributed by atoms with Crippen molar-refractivity contribution in [1.82, 2.24) is 4.90 Å². The lowest BCUT2D eigenvalue weighted by Gasteiger charge is -2.42. The van der Waals surface area contributed by atoms with Crippen molar-refractivity contribution in [2.45, 2.75) is 45.6 Å². The number of hydrogen-bond donors (Lipinski definition) is 0. The molecule has 0 aliphatic carbocycles. The molecule has 88 valence electrons. The third-order valence-electron chi connectivity index (χ3n) is 3.09. The number of carbonyl (C=O) groups excluding carboxylic acids is 1. The van der Waals surface area contributed by atoms with E-state index < -0.39 is 0 Å². The van der Waals surface area contributed by atoms with Gasteiger partial charge in [0.15, 0.2) is 0 Å². The number of ketones is 1. The smallest absolute Gasteiger partial charge is 0.132 e. The highest BCUT2D eigenvalue weighted by Crippen LogP contribution is 2.19. The van der Waals surface area contributed by atoms with Crippen LogP contribution >= 0.6 is 0 Å². The van der Waals surface area contributed by atoms with Crippen molar-refractivity contribution in [2.24, 2.45) is 0 Å². The molecular formula is C12H23NO2. The number of morpholine rings is 1. The second-order valence-corrected chi connectivity index (χ2v) is 4.85. The summed E-state index contributed by atoms with van der Waals surface area (Å²) >= 11 is 0. The van der Waals surface area contributed by atoms with Gasteiger partial charge in [0.25, 0.3) is 0 Å². The third-order valence-corrected chi connectivity index (χ3v) is 3.09. The highest BCUT2D eigenvalue weighted by molar-refractivity contribution is 5.77. The molecule has 1 fully saturated rings. The Morgan fingerprint density at radius 1 is 1.47 bits per heavy atom. The molecule has 0 atom stereocenters. The summed E-state index contributed by atoms with van der Waals surface area (Å²) in [4.78, 5) is 13.6. The fourth-order valence-corrected chi connectivity index (χ4v) is 1.95. The molecule has 0 spiro atoms. The Kier molecular flexibility index (Phi) is 4.74. The first kappa shape index (κ1) is 12.7. The van der Waals surface area contributed by atoms with E-state index in [0.29, 0.717) is 12.2 Å². The predicted octanol–water partition coefficient (Wildman–Crippen LogP) is 1.86. The molecule has 0 radical (unpaired) electrons. The summed E-state index contributed by atoms with van der Waals surface area (Å²) in [5.41, 5.74) is 0.132. The van der Waals surface area contributed by atoms with Crippen molar-refractivity contribution < 1.29 is 9.53 Å². The van der Waals surface area contributed by atoms with E-state index in [1.165, 1.54) is 0 Å². The number of nitrogens with zero attached hydrogens (tertiary/aromatic N) is 1. The molecule has 0 aromatic rings. The van der Waals surface area contributed by atoms with Crippen LogP contribution in [0, 0.1) is 0 Å². The SMILES string of the molecule is CCC(=O)CCCN1CCOCC1(C)C. The average Bonchev–Trinajstić information content (AvgIpc) is 2.20. The zero-order chi connectivity index (χ0) is 11.3. The van der Waals surface area contributed by atoms with Gasteiger partial charge in [-0.25, -0.2) is 0 Å². The van der Waals surface area contributed by atoms with Gasteiger partial charge in [-0.1, -0.05) is 6.92 Å². The normalized spacial score (nSPS) is 21.5. The van der Waals surface area contributed by atoms with E-state index in [1.54, 1.807) is 0 Å². The Labute approximate surface area is 92.8 Å². The van der Waals surface area contributed by atoms with E-state index in [-0.39, 0.29) is 5.54 Å². The summed E-state index contributed by atoms with van der Waals surface area (Å²) in [6.07, 6.45) is 2.38. The molecule has 15 heavy (non-hydrogen) atoms. The molecule has 0 unspecified atom stereocenters. The summed E-state index contributed by atoms with van der Waals surface area (Å²) in [7, 11) is 0. The molecule has 1 rings (SSSR count). The Morgan fingerprint density at radius 3 is 2.80 bits per heavy atom. The maximum atomic E-state index is 11.2. The molecule has 3 heteroatoms. The van der Waals surface area contributed by atoms with Crippen LogP contribution in [-0.4, -0.2) is 42.5 Å². The van der Waals surface area contributed by atoms with E-state index in [2.05, 4.69) is 18.7 Å². The number of ether oxygens (including phenoxy) is 1. The number of hydrogen-bond acceptors (Lipinski definition) is 3. The predicted molar refractivity (Wildman–Crippen MR) is 61.0 cm³/mol. The molecule has 1 heterocycles. The summed E-state index contributed by atoms with van der Waals surface area (Å²) < 4.78 is 5.45. The maximum Gasteiger partial charge on any atom is 0.132 e. The van der Waals surface area contributed by atoms with Gasteiger partial charge in [0, 0.05) is 24.9 Å². The van der Waals surface area contributed by atoms with Crippen molar-refractivity contribution in [2.75, 3.05) is 26.3 Å². The summed E-state index contributed by atoms with van der Waals surface area (Å²) in [5, 5.41) is 0. The topological polar surface area (TPSA) is 29.5 Å². The van der Waals surface area contributed by atoms with Crippen molar-refractivity contribution in [3.8, 4) is 0 Å². The van der Waals surface area contributed by atoms with Crippen molar-refractivity contribution in [1.29, 1.82) is 0 Å². The fourth-order valence-electron chi connectivity index (χ4n) is 1.95. The molecule has 0 aromatic carbocycles. The zero-order valence-corrected chi connectivity index (χ0v) is 10.2. The molecule has 0 amide bonds. The van der Waals surface area contributed by atoms with E-state index >= 15 is 0 Å². The minimum Gasteiger partial charge on any atom is -0.378 e. The van der Waals surface area contributed by atoms with Gasteiger partial charge in [-0.2, -0.15) is 0 Å². The quantitative estimate of drug-likeness (QED) is 0.698. The maximum absolute atomic E-state index is 11.2. The van der Waals surface area contributed by atoms with Crippen LogP contribution in [0.1, 0.15) is 40.0 Å². The van der Waals surface area contributed by atoms with Crippen LogP contribution in [0.3, 0.4) is 0 Å². The lowest BCUT2D eigenvalue weighted by molar-refractivity contribution is -0.119. The summed E-state index contributed by atoms with van der Waals surface area (Å²) in [6, 6.07) is 0. The Morgan fingerprint density at radius 2 is 2.20 bits per heavy atom. The lowest BCUT2D eigenvalue weighted by atomic mass is 10.0. The number of carbonyl (C=O) groups is 1. The summed E-state index contributed by atoms with van der Waals surface area (Å²) in [6.45, 7) is 9.97. The largest absolute Gasteiger partial charge is 0.378 e. The van der Waals surface area contributed by atoms with Crippen LogP contribution in [0.4, 0.5) is 0 Å². The van der Waals surface area contributed by atoms with Gasteiger partial charge in [-0.05, 0) is 26.8 Å². The zero-order valence-electron chi connectivity index (χ0n) is 10.2. The van der Waals surface area contributed by atoms with Gasteiger partial charge in [0.05, 0.1) is 13.2 Å². The molecule has 0 bridgehead atoms. The Bertz CT molecular complexity index is 214. The highest BCUT2D eigenvalue weighted by atomic mass is 16.5. The van der Waals surface area contributed by atoms with Crippen molar-refractivity contribution in [3.63, 3.8) is 0 Å². The highest BCUT2D eigenvalue weighted by Gasteiger charge is 2.29. The molecule has 1 aliphatic rings. The standard InChI is InChI=1S/C12H23NO2/c1-4-11(14)6-5-7-13-8-9-15-10-12(13,2)3/h4-10H2,1-3H3. The lowest BCUT2D eigenvalue weighted by Crippen LogP contribution is -2.53. The van der Waals surface area contributed by atoms with Gasteiger partial charge < -0.3 is 4.74 Å². The monoisotopic (exact) mass is 213 g/mol. The minimum absolute atomic E-state index is 0.132. The van der Waals surface area contributed by atoms with Gasteiger partial charge >= 0.3 is 0 Å². The van der Waals surface area contributed by atoms with Crippen LogP contribution in [-0.2, 0) is 9.53 Å². The minimum atomic E-state index is 0.132. The number of rotatable bonds is 5. The van der Waals surface area contributed by atoms with Crippen LogP contribution in [0.25, 0.3) is 0 Å². The van der Waals surface area contributed by atoms with Crippen LogP contribution in [0.5, 0.6) is 0 Å². The van der Waals surface area contributed by atoms with Crippen LogP contribution in [0.2, 0.25) is 0 Å². The average molecular weight is 213 g/mol. The van der Waals surface area contributed by atoms with Gasteiger partial charge in [-0.15, -0.1) is 0 Å². The molecular weight excluding hydrogens is 190 g/mol. The Balaban J connectivity index is 2.27. The molecule has 0 aromatic heterocycles. The van der Waals surface area contributed by atoms with Crippen molar-refractivity contribution >= 4 is 5.78 Å². The van der Waals surface area contributed by atoms with Gasteiger partial charge in [0.1, 0.15) is 5.78 Å². The van der Waals surface area contributed by atoms with Crippen molar-refractivity contribution in [3.05, 3.63) is 0 Å². The van der Waals surface area contributed by atoms with E-state index in [1.807, 2.05) is 6.92 Å². The van der Waals surface area contributed by atoms with Crippen LogP contribution < -0.4 is 0 Å². The fraction of sp³-hybridized carbons (Fsp3) is 0.917. The van der Waals surface area contributed by atoms with Crippen LogP contribution in [0.15, 0.2) is 0 Å². The number of Topliss-reactive ketones (excluding diaryl/α,β-unsaturated/α-hetero) is 1. The molecule has 3 nitrogen and oxygen atoms in total. The summed E-state index contributed by atoms with van der Waals surface area (Å²) in [5.74, 6) is 0.376. The first-order valence-corrected chi connectivity index (χ1v) is 5.91. The first-order valence-electron chi connectivity index (χ1n) is 5.91. The van der Waals surface area contributed by atoms with Gasteiger partial charge in [0.2, 0.25) is 0 Å². The first-order chi connectivity index (χ1) is 7.06. The van der Waals surface area contributed by atoms with Gasteiger partial charge in [-0.3, -0.25) is 9.69 Å². The van der Waals surface area contributed by atoms with E-state index in [4.69, 9.17) is 4.74 Å². The molecule has 0 N–H and O–H groups in total. The molecule has 0 saturated carbocycles. The second-order valence-electron chi connectivity index (χ2n) is 4.85. The third kappa shape index (κ3) is 3.92. The Hall–Kier alpha value is -0.410.